The monoisotopic (exact) mass is 477 g/mol. The smallest absolute Gasteiger partial charge is 0.341 e. The van der Waals surface area contributed by atoms with Gasteiger partial charge in [0.1, 0.15) is 30.7 Å². The number of benzene rings is 2. The van der Waals surface area contributed by atoms with Crippen LogP contribution in [-0.4, -0.2) is 43.9 Å². The van der Waals surface area contributed by atoms with E-state index in [2.05, 4.69) is 15.5 Å². The molecule has 35 heavy (non-hydrogen) atoms. The van der Waals surface area contributed by atoms with Gasteiger partial charge in [0.2, 0.25) is 0 Å². The molecular formula is C26H27N3O6. The molecule has 0 saturated carbocycles. The molecule has 1 heterocycles. The van der Waals surface area contributed by atoms with Crippen LogP contribution < -0.4 is 0 Å². The molecule has 2 aromatic carbocycles. The molecule has 9 nitrogen and oxygen atoms in total. The van der Waals surface area contributed by atoms with Crippen molar-refractivity contribution in [2.24, 2.45) is 10.3 Å². The summed E-state index contributed by atoms with van der Waals surface area (Å²) in [6.07, 6.45) is 1.34. The first kappa shape index (κ1) is 25.2. The van der Waals surface area contributed by atoms with E-state index in [1.165, 1.54) is 27.6 Å². The molecule has 0 atom stereocenters. The first-order chi connectivity index (χ1) is 17.0. The molecule has 0 saturated heterocycles. The van der Waals surface area contributed by atoms with Crippen LogP contribution >= 0.6 is 0 Å². The van der Waals surface area contributed by atoms with E-state index in [-0.39, 0.29) is 12.2 Å². The highest BCUT2D eigenvalue weighted by Crippen LogP contribution is 2.23. The number of aromatic nitrogens is 1. The molecule has 0 bridgehead atoms. The number of hydrogen-bond acceptors (Lipinski definition) is 9. The van der Waals surface area contributed by atoms with E-state index in [0.717, 1.165) is 22.4 Å². The maximum atomic E-state index is 12.2. The fourth-order valence-electron chi connectivity index (χ4n) is 3.31. The Morgan fingerprint density at radius 1 is 1.06 bits per heavy atom. The Bertz CT molecular complexity index is 1240. The minimum Gasteiger partial charge on any atom is -0.503 e. The second-order valence-corrected chi connectivity index (χ2v) is 7.40. The number of ether oxygens (including phenoxy) is 2. The predicted octanol–water partition coefficient (Wildman–Crippen LogP) is 4.75. The Morgan fingerprint density at radius 3 is 2.43 bits per heavy atom. The van der Waals surface area contributed by atoms with Crippen molar-refractivity contribution in [3.63, 3.8) is 0 Å². The molecular weight excluding hydrogens is 450 g/mol. The number of methoxy groups -OCH3 is 2. The first-order valence-corrected chi connectivity index (χ1v) is 10.7. The number of oxime groups is 2. The fourth-order valence-corrected chi connectivity index (χ4v) is 3.31. The van der Waals surface area contributed by atoms with E-state index >= 15 is 0 Å². The summed E-state index contributed by atoms with van der Waals surface area (Å²) in [4.78, 5) is 22.8. The van der Waals surface area contributed by atoms with Crippen LogP contribution in [0.2, 0.25) is 0 Å². The number of carbonyl (C=O) groups is 1. The van der Waals surface area contributed by atoms with Crippen molar-refractivity contribution in [1.82, 2.24) is 5.16 Å². The highest BCUT2D eigenvalue weighted by molar-refractivity contribution is 6.47. The molecule has 0 spiro atoms. The molecule has 9 heteroatoms. The Kier molecular flexibility index (Phi) is 8.77. The Balaban J connectivity index is 1.78. The van der Waals surface area contributed by atoms with E-state index in [0.29, 0.717) is 22.7 Å². The van der Waals surface area contributed by atoms with Crippen LogP contribution in [0.4, 0.5) is 0 Å². The summed E-state index contributed by atoms with van der Waals surface area (Å²) in [6.45, 7) is 3.74. The van der Waals surface area contributed by atoms with Gasteiger partial charge in [-0.1, -0.05) is 64.0 Å². The number of carbonyl (C=O) groups excluding carboxylic acids is 1. The van der Waals surface area contributed by atoms with E-state index in [4.69, 9.17) is 23.7 Å². The van der Waals surface area contributed by atoms with Crippen LogP contribution in [-0.2, 0) is 30.6 Å². The van der Waals surface area contributed by atoms with Crippen molar-refractivity contribution in [2.45, 2.75) is 20.5 Å². The molecule has 0 aliphatic carbocycles. The fraction of sp³-hybridized carbons (Fsp3) is 0.231. The topological polar surface area (TPSA) is 105 Å². The van der Waals surface area contributed by atoms with E-state index in [9.17, 15) is 4.79 Å². The van der Waals surface area contributed by atoms with Crippen LogP contribution in [0.15, 0.2) is 75.7 Å². The lowest BCUT2D eigenvalue weighted by Gasteiger charge is -2.11. The number of hydrogen-bond donors (Lipinski definition) is 0. The summed E-state index contributed by atoms with van der Waals surface area (Å²) in [6, 6.07) is 16.7. The summed E-state index contributed by atoms with van der Waals surface area (Å²) in [5, 5.41) is 12.3. The number of nitrogens with zero attached hydrogens (tertiary/aromatic N) is 3. The number of esters is 1. The standard InChI is InChI=1S/C26H27N3O6/c1-17-14-24(35-27-17)19-10-12-20(13-11-19)25(29-33-5)18(2)28-34-15-21-8-6-7-9-22(21)23(16-31-3)26(30)32-4/h6-14,16H,15H2,1-5H3. The molecule has 0 unspecified atom stereocenters. The third kappa shape index (κ3) is 6.35. The molecule has 0 aliphatic heterocycles. The average molecular weight is 478 g/mol. The molecule has 1 aromatic heterocycles. The lowest BCUT2D eigenvalue weighted by molar-refractivity contribution is -0.133. The zero-order valence-corrected chi connectivity index (χ0v) is 20.3. The van der Waals surface area contributed by atoms with Gasteiger partial charge in [0.15, 0.2) is 5.76 Å². The summed E-state index contributed by atoms with van der Waals surface area (Å²) >= 11 is 0. The molecule has 0 amide bonds. The summed E-state index contributed by atoms with van der Waals surface area (Å²) in [5.74, 6) is 0.165. The summed E-state index contributed by atoms with van der Waals surface area (Å²) < 4.78 is 15.2. The number of aryl methyl sites for hydroxylation is 1. The van der Waals surface area contributed by atoms with Crippen molar-refractivity contribution in [2.75, 3.05) is 21.3 Å². The quantitative estimate of drug-likeness (QED) is 0.136. The minimum absolute atomic E-state index is 0.107. The van der Waals surface area contributed by atoms with Gasteiger partial charge in [-0.05, 0) is 19.4 Å². The van der Waals surface area contributed by atoms with Gasteiger partial charge in [0.25, 0.3) is 0 Å². The van der Waals surface area contributed by atoms with Gasteiger partial charge in [0.05, 0.1) is 26.2 Å². The molecule has 0 radical (unpaired) electrons. The normalized spacial score (nSPS) is 12.3. The van der Waals surface area contributed by atoms with Crippen molar-refractivity contribution >= 4 is 23.0 Å². The SMILES string of the molecule is COC=C(C(=O)OC)c1ccccc1CON=C(C)C(=NOC)c1ccc(-c2cc(C)no2)cc1. The van der Waals surface area contributed by atoms with E-state index in [1.54, 1.807) is 13.0 Å². The van der Waals surface area contributed by atoms with Crippen LogP contribution in [0.5, 0.6) is 0 Å². The van der Waals surface area contributed by atoms with Crippen LogP contribution in [0.25, 0.3) is 16.9 Å². The van der Waals surface area contributed by atoms with Gasteiger partial charge in [-0.2, -0.15) is 0 Å². The zero-order valence-electron chi connectivity index (χ0n) is 20.3. The van der Waals surface area contributed by atoms with Gasteiger partial charge < -0.3 is 23.7 Å². The predicted molar refractivity (Wildman–Crippen MR) is 132 cm³/mol. The van der Waals surface area contributed by atoms with Crippen LogP contribution in [0.1, 0.15) is 29.3 Å². The van der Waals surface area contributed by atoms with Gasteiger partial charge in [-0.3, -0.25) is 0 Å². The second-order valence-electron chi connectivity index (χ2n) is 7.40. The van der Waals surface area contributed by atoms with Gasteiger partial charge >= 0.3 is 5.97 Å². The van der Waals surface area contributed by atoms with Gasteiger partial charge in [-0.25, -0.2) is 4.79 Å². The van der Waals surface area contributed by atoms with Crippen molar-refractivity contribution < 1.29 is 28.5 Å². The van der Waals surface area contributed by atoms with Crippen LogP contribution in [0.3, 0.4) is 0 Å². The van der Waals surface area contributed by atoms with Crippen molar-refractivity contribution in [1.29, 1.82) is 0 Å². The number of rotatable bonds is 10. The Morgan fingerprint density at radius 2 is 1.80 bits per heavy atom. The Labute approximate surface area is 203 Å². The lowest BCUT2D eigenvalue weighted by Crippen LogP contribution is -2.13. The van der Waals surface area contributed by atoms with Crippen LogP contribution in [0, 0.1) is 6.92 Å². The van der Waals surface area contributed by atoms with Gasteiger partial charge in [0, 0.05) is 22.8 Å². The third-order valence-electron chi connectivity index (χ3n) is 4.97. The minimum atomic E-state index is -0.516. The first-order valence-electron chi connectivity index (χ1n) is 10.7. The molecule has 0 aliphatic rings. The average Bonchev–Trinajstić information content (AvgIpc) is 3.32. The molecule has 0 fully saturated rings. The van der Waals surface area contributed by atoms with Crippen molar-refractivity contribution in [3.8, 4) is 11.3 Å². The molecule has 0 N–H and O–H groups in total. The van der Waals surface area contributed by atoms with Crippen molar-refractivity contribution in [3.05, 3.63) is 83.2 Å². The Hall–Kier alpha value is -4.40. The molecule has 3 aromatic rings. The molecule has 182 valence electrons. The van der Waals surface area contributed by atoms with E-state index < -0.39 is 5.97 Å². The largest absolute Gasteiger partial charge is 0.503 e. The van der Waals surface area contributed by atoms with Gasteiger partial charge in [-0.15, -0.1) is 0 Å². The molecule has 3 rings (SSSR count). The van der Waals surface area contributed by atoms with E-state index in [1.807, 2.05) is 55.5 Å². The summed E-state index contributed by atoms with van der Waals surface area (Å²) in [5.41, 5.74) is 5.13. The highest BCUT2D eigenvalue weighted by Gasteiger charge is 2.17. The zero-order chi connectivity index (χ0) is 25.2. The maximum absolute atomic E-state index is 12.2. The second kappa shape index (κ2) is 12.2. The maximum Gasteiger partial charge on any atom is 0.341 e. The lowest BCUT2D eigenvalue weighted by atomic mass is 10.0. The summed E-state index contributed by atoms with van der Waals surface area (Å²) in [7, 11) is 4.24. The third-order valence-corrected chi connectivity index (χ3v) is 4.97. The highest BCUT2D eigenvalue weighted by atomic mass is 16.6.